The Hall–Kier alpha value is -3.53. The normalized spacial score (nSPS) is 14.4. The van der Waals surface area contributed by atoms with E-state index in [1.54, 1.807) is 14.2 Å². The molecule has 0 saturated carbocycles. The van der Waals surface area contributed by atoms with E-state index in [9.17, 15) is 0 Å². The minimum Gasteiger partial charge on any atom is -0.493 e. The van der Waals surface area contributed by atoms with E-state index in [0.717, 1.165) is 42.1 Å². The lowest BCUT2D eigenvalue weighted by molar-refractivity contribution is 0.356. The van der Waals surface area contributed by atoms with E-state index in [1.165, 1.54) is 41.6 Å². The van der Waals surface area contributed by atoms with Gasteiger partial charge in [0, 0.05) is 36.4 Å². The number of pyridine rings is 1. The Balaban J connectivity index is 1.25. The van der Waals surface area contributed by atoms with Gasteiger partial charge in [0.05, 0.1) is 19.7 Å². The number of piperidine rings is 1. The molecule has 3 aromatic carbocycles. The molecule has 4 aromatic rings. The first kappa shape index (κ1) is 22.3. The average molecular weight is 453 g/mol. The number of aromatic nitrogens is 1. The van der Waals surface area contributed by atoms with Gasteiger partial charge in [-0.1, -0.05) is 42.5 Å². The van der Waals surface area contributed by atoms with Crippen molar-refractivity contribution in [3.63, 3.8) is 0 Å². The first-order chi connectivity index (χ1) is 16.7. The topological polar surface area (TPSA) is 34.6 Å². The molecule has 1 fully saturated rings. The number of hydrogen-bond acceptors (Lipinski definition) is 4. The van der Waals surface area contributed by atoms with Crippen molar-refractivity contribution in [3.05, 3.63) is 95.7 Å². The summed E-state index contributed by atoms with van der Waals surface area (Å²) in [7, 11) is 3.32. The quantitative estimate of drug-likeness (QED) is 0.329. The Kier molecular flexibility index (Phi) is 6.66. The van der Waals surface area contributed by atoms with Crippen molar-refractivity contribution >= 4 is 16.6 Å². The highest BCUT2D eigenvalue weighted by Gasteiger charge is 2.20. The highest BCUT2D eigenvalue weighted by Crippen LogP contribution is 2.33. The maximum atomic E-state index is 5.51. The highest BCUT2D eigenvalue weighted by atomic mass is 16.5. The van der Waals surface area contributed by atoms with Crippen molar-refractivity contribution in [2.75, 3.05) is 32.2 Å². The van der Waals surface area contributed by atoms with Crippen LogP contribution in [0.3, 0.4) is 0 Å². The number of hydrogen-bond donors (Lipinski definition) is 0. The van der Waals surface area contributed by atoms with E-state index in [4.69, 9.17) is 9.47 Å². The third-order valence-corrected chi connectivity index (χ3v) is 7.01. The van der Waals surface area contributed by atoms with E-state index in [-0.39, 0.29) is 0 Å². The number of nitrogens with zero attached hydrogens (tertiary/aromatic N) is 2. The minimum absolute atomic E-state index is 0.705. The number of methoxy groups -OCH3 is 2. The molecule has 4 heteroatoms. The minimum atomic E-state index is 0.705. The summed E-state index contributed by atoms with van der Waals surface area (Å²) in [6, 6.07) is 26.1. The molecule has 1 saturated heterocycles. The molecule has 1 aromatic heterocycles. The zero-order chi connectivity index (χ0) is 23.3. The van der Waals surface area contributed by atoms with E-state index < -0.39 is 0 Å². The van der Waals surface area contributed by atoms with Crippen LogP contribution in [0.2, 0.25) is 0 Å². The largest absolute Gasteiger partial charge is 0.493 e. The maximum absolute atomic E-state index is 5.51. The highest BCUT2D eigenvalue weighted by molar-refractivity contribution is 5.86. The molecule has 0 unspecified atom stereocenters. The zero-order valence-corrected chi connectivity index (χ0v) is 20.0. The predicted octanol–water partition coefficient (Wildman–Crippen LogP) is 6.30. The van der Waals surface area contributed by atoms with Crippen LogP contribution in [0.25, 0.3) is 10.9 Å². The van der Waals surface area contributed by atoms with Gasteiger partial charge in [-0.2, -0.15) is 0 Å². The third-order valence-electron chi connectivity index (χ3n) is 7.01. The average Bonchev–Trinajstić information content (AvgIpc) is 2.89. The van der Waals surface area contributed by atoms with Gasteiger partial charge in [-0.05, 0) is 72.6 Å². The summed E-state index contributed by atoms with van der Waals surface area (Å²) in [6.07, 6.45) is 6.44. The lowest BCUT2D eigenvalue weighted by Gasteiger charge is -2.34. The molecule has 4 nitrogen and oxygen atoms in total. The Bertz CT molecular complexity index is 1230. The summed E-state index contributed by atoms with van der Waals surface area (Å²) >= 11 is 0. The van der Waals surface area contributed by atoms with Crippen molar-refractivity contribution in [3.8, 4) is 11.5 Å². The molecule has 5 rings (SSSR count). The van der Waals surface area contributed by atoms with Crippen LogP contribution in [0.15, 0.2) is 79.0 Å². The van der Waals surface area contributed by atoms with Gasteiger partial charge in [-0.15, -0.1) is 0 Å². The predicted molar refractivity (Wildman–Crippen MR) is 139 cm³/mol. The molecule has 0 bridgehead atoms. The molecular weight excluding hydrogens is 420 g/mol. The molecule has 0 radical (unpaired) electrons. The van der Waals surface area contributed by atoms with Gasteiger partial charge >= 0.3 is 0 Å². The van der Waals surface area contributed by atoms with E-state index >= 15 is 0 Å². The van der Waals surface area contributed by atoms with Crippen LogP contribution >= 0.6 is 0 Å². The lowest BCUT2D eigenvalue weighted by Crippen LogP contribution is -2.34. The molecule has 0 N–H and O–H groups in total. The summed E-state index contributed by atoms with van der Waals surface area (Å²) in [6.45, 7) is 2.26. The fourth-order valence-electron chi connectivity index (χ4n) is 5.07. The maximum Gasteiger partial charge on any atom is 0.162 e. The Labute approximate surface area is 202 Å². The Morgan fingerprint density at radius 1 is 0.824 bits per heavy atom. The van der Waals surface area contributed by atoms with Crippen LogP contribution in [-0.2, 0) is 12.8 Å². The molecule has 0 amide bonds. The van der Waals surface area contributed by atoms with E-state index in [1.807, 2.05) is 18.3 Å². The van der Waals surface area contributed by atoms with Gasteiger partial charge < -0.3 is 14.4 Å². The molecule has 34 heavy (non-hydrogen) atoms. The van der Waals surface area contributed by atoms with Crippen molar-refractivity contribution in [1.29, 1.82) is 0 Å². The Morgan fingerprint density at radius 3 is 2.24 bits per heavy atom. The van der Waals surface area contributed by atoms with Crippen molar-refractivity contribution < 1.29 is 9.47 Å². The summed E-state index contributed by atoms with van der Waals surface area (Å²) in [4.78, 5) is 7.06. The first-order valence-corrected chi connectivity index (χ1v) is 12.1. The summed E-state index contributed by atoms with van der Waals surface area (Å²) < 4.78 is 11.0. The summed E-state index contributed by atoms with van der Waals surface area (Å²) in [5, 5.41) is 1.10. The van der Waals surface area contributed by atoms with Crippen molar-refractivity contribution in [2.45, 2.75) is 25.7 Å². The summed E-state index contributed by atoms with van der Waals surface area (Å²) in [5.74, 6) is 2.22. The molecule has 0 atom stereocenters. The van der Waals surface area contributed by atoms with Gasteiger partial charge in [0.25, 0.3) is 0 Å². The van der Waals surface area contributed by atoms with Crippen LogP contribution in [-0.4, -0.2) is 32.3 Å². The second-order valence-corrected chi connectivity index (χ2v) is 9.16. The van der Waals surface area contributed by atoms with Crippen LogP contribution in [0, 0.1) is 5.92 Å². The monoisotopic (exact) mass is 452 g/mol. The van der Waals surface area contributed by atoms with Gasteiger partial charge in [-0.25, -0.2) is 0 Å². The smallest absolute Gasteiger partial charge is 0.162 e. The number of rotatable bonds is 7. The summed E-state index contributed by atoms with van der Waals surface area (Å²) in [5.41, 5.74) is 6.24. The lowest BCUT2D eigenvalue weighted by atomic mass is 9.90. The van der Waals surface area contributed by atoms with Gasteiger partial charge in [0.2, 0.25) is 0 Å². The van der Waals surface area contributed by atoms with Crippen molar-refractivity contribution in [1.82, 2.24) is 4.98 Å². The third kappa shape index (κ3) is 4.86. The zero-order valence-electron chi connectivity index (χ0n) is 20.0. The van der Waals surface area contributed by atoms with Crippen LogP contribution in [0.5, 0.6) is 11.5 Å². The Morgan fingerprint density at radius 2 is 1.53 bits per heavy atom. The number of fused-ring (bicyclic) bond motifs is 1. The van der Waals surface area contributed by atoms with Gasteiger partial charge in [0.1, 0.15) is 0 Å². The van der Waals surface area contributed by atoms with Gasteiger partial charge in [0.15, 0.2) is 11.5 Å². The molecule has 2 heterocycles. The SMILES string of the molecule is COc1cc2nccc(Cc3ccc(N4CCC(Cc5ccccc5)CC4)cc3)c2cc1OC. The number of benzene rings is 3. The molecule has 0 aliphatic carbocycles. The van der Waals surface area contributed by atoms with Crippen molar-refractivity contribution in [2.24, 2.45) is 5.92 Å². The van der Waals surface area contributed by atoms with Crippen LogP contribution in [0.4, 0.5) is 5.69 Å². The van der Waals surface area contributed by atoms with E-state index in [0.29, 0.717) is 5.75 Å². The van der Waals surface area contributed by atoms with Gasteiger partial charge in [-0.3, -0.25) is 4.98 Å². The second-order valence-electron chi connectivity index (χ2n) is 9.16. The molecule has 174 valence electrons. The fraction of sp³-hybridized carbons (Fsp3) is 0.300. The number of anilines is 1. The van der Waals surface area contributed by atoms with Crippen LogP contribution in [0.1, 0.15) is 29.5 Å². The van der Waals surface area contributed by atoms with E-state index in [2.05, 4.69) is 70.5 Å². The second kappa shape index (κ2) is 10.2. The molecule has 0 spiro atoms. The fourth-order valence-corrected chi connectivity index (χ4v) is 5.07. The molecule has 1 aliphatic rings. The number of ether oxygens (including phenoxy) is 2. The van der Waals surface area contributed by atoms with Crippen LogP contribution < -0.4 is 14.4 Å². The standard InChI is InChI=1S/C30H32N2O2/c1-33-29-20-27-25(12-15-31-28(27)21-30(29)34-2)19-23-8-10-26(11-9-23)32-16-13-24(14-17-32)18-22-6-4-3-5-7-22/h3-12,15,20-21,24H,13-14,16-19H2,1-2H3. The molecular formula is C30H32N2O2. The first-order valence-electron chi connectivity index (χ1n) is 12.1. The molecule has 1 aliphatic heterocycles.